The fourth-order valence-electron chi connectivity index (χ4n) is 0.771. The van der Waals surface area contributed by atoms with E-state index in [0.717, 1.165) is 0 Å². The molecule has 70 valence electrons. The van der Waals surface area contributed by atoms with E-state index in [1.54, 1.807) is 18.2 Å². The zero-order valence-corrected chi connectivity index (χ0v) is 6.82. The average Bonchev–Trinajstić information content (AvgIpc) is 2.24. The minimum atomic E-state index is -3.56. The fourth-order valence-corrected chi connectivity index (χ4v) is 0.771. The second-order valence-corrected chi connectivity index (χ2v) is 2.58. The maximum atomic E-state index is 12.4. The summed E-state index contributed by atoms with van der Waals surface area (Å²) in [5.74, 6) is 0. The summed E-state index contributed by atoms with van der Waals surface area (Å²) < 4.78 is 66.1. The second-order valence-electron chi connectivity index (χ2n) is 2.58. The molecule has 1 aromatic carbocycles. The smallest absolute Gasteiger partial charge is 0.182 e. The van der Waals surface area contributed by atoms with Crippen LogP contribution in [0.1, 0.15) is 38.5 Å². The Morgan fingerprint density at radius 3 is 2.46 bits per heavy atom. The number of benzene rings is 1. The fraction of sp³-hybridized carbons (Fsp3) is 0.364. The van der Waals surface area contributed by atoms with Gasteiger partial charge in [-0.1, -0.05) is 18.2 Å². The van der Waals surface area contributed by atoms with Gasteiger partial charge in [-0.15, -0.1) is 0 Å². The van der Waals surface area contributed by atoms with E-state index >= 15 is 0 Å². The number of rotatable bonds is 1. The highest BCUT2D eigenvalue weighted by molar-refractivity contribution is 5.75. The Hall–Kier alpha value is -1.31. The summed E-state index contributed by atoms with van der Waals surface area (Å²) in [7, 11) is 0. The minimum absolute atomic E-state index is 0.194. The van der Waals surface area contributed by atoms with Crippen LogP contribution in [0.5, 0.6) is 0 Å². The van der Waals surface area contributed by atoms with Crippen molar-refractivity contribution in [3.05, 3.63) is 41.1 Å². The highest BCUT2D eigenvalue weighted by Gasteiger charge is 2.17. The van der Waals surface area contributed by atoms with Crippen molar-refractivity contribution in [2.75, 3.05) is 0 Å². The van der Waals surface area contributed by atoms with Crippen LogP contribution in [0, 0.1) is 5.21 Å². The highest BCUT2D eigenvalue weighted by atomic mass is 16.5. The van der Waals surface area contributed by atoms with E-state index in [0.29, 0.717) is 6.21 Å². The van der Waals surface area contributed by atoms with Crippen LogP contribution >= 0.6 is 0 Å². The first-order valence-electron chi connectivity index (χ1n) is 8.11. The van der Waals surface area contributed by atoms with E-state index in [2.05, 4.69) is 0 Å². The lowest BCUT2D eigenvalue weighted by Crippen LogP contribution is -2.29. The number of nitrogens with zero attached hydrogens (tertiary/aromatic N) is 1. The predicted octanol–water partition coefficient (Wildman–Crippen LogP) is 2.41. The summed E-state index contributed by atoms with van der Waals surface area (Å²) in [6, 6.07) is 7.57. The van der Waals surface area contributed by atoms with E-state index in [4.69, 9.17) is 12.3 Å². The molecule has 0 N–H and O–H groups in total. The maximum Gasteiger partial charge on any atom is 0.182 e. The maximum absolute atomic E-state index is 12.4. The minimum Gasteiger partial charge on any atom is -0.623 e. The van der Waals surface area contributed by atoms with E-state index < -0.39 is 30.8 Å². The van der Waals surface area contributed by atoms with Gasteiger partial charge in [0.1, 0.15) is 0 Å². The lowest BCUT2D eigenvalue weighted by molar-refractivity contribution is -0.530. The van der Waals surface area contributed by atoms with E-state index in [1.165, 1.54) is 12.1 Å². The molecule has 0 aromatic heterocycles. The standard InChI is InChI=1S/C11H15NO/c1-11(2,3)12(13)9-10-7-5-4-6-8-10/h4-9H,1-3H3/b12-9-/i1D3,2D3,3D3. The molecule has 0 heterocycles. The van der Waals surface area contributed by atoms with Crippen LogP contribution in [0.2, 0.25) is 0 Å². The third-order valence-electron chi connectivity index (χ3n) is 1.40. The van der Waals surface area contributed by atoms with Gasteiger partial charge in [-0.2, -0.15) is 0 Å². The number of hydrogen-bond donors (Lipinski definition) is 0. The Balaban J connectivity index is 3.68. The van der Waals surface area contributed by atoms with Gasteiger partial charge in [0.25, 0.3) is 0 Å². The van der Waals surface area contributed by atoms with Crippen LogP contribution in [0.15, 0.2) is 30.3 Å². The van der Waals surface area contributed by atoms with Crippen molar-refractivity contribution >= 4 is 6.21 Å². The molecule has 0 aliphatic heterocycles. The predicted molar refractivity (Wildman–Crippen MR) is 55.0 cm³/mol. The number of hydroxylamine groups is 1. The summed E-state index contributed by atoms with van der Waals surface area (Å²) in [6.07, 6.45) is 0.672. The largest absolute Gasteiger partial charge is 0.623 e. The molecule has 0 bridgehead atoms. The second kappa shape index (κ2) is 3.60. The van der Waals surface area contributed by atoms with Crippen molar-refractivity contribution in [2.45, 2.75) is 26.1 Å². The first-order valence-corrected chi connectivity index (χ1v) is 3.61. The summed E-state index contributed by atoms with van der Waals surface area (Å²) in [5, 5.41) is 12.4. The van der Waals surface area contributed by atoms with Gasteiger partial charge in [0.05, 0.1) is 0 Å². The van der Waals surface area contributed by atoms with Crippen LogP contribution in [-0.4, -0.2) is 16.5 Å². The Kier molecular flexibility index (Phi) is 0.865. The molecule has 0 saturated carbocycles. The molecule has 2 heteroatoms. The lowest BCUT2D eigenvalue weighted by Gasteiger charge is -2.18. The Morgan fingerprint density at radius 2 is 1.92 bits per heavy atom. The highest BCUT2D eigenvalue weighted by Crippen LogP contribution is 2.05. The average molecular weight is 186 g/mol. The Labute approximate surface area is 91.8 Å². The van der Waals surface area contributed by atoms with Crippen LogP contribution < -0.4 is 0 Å². The molecule has 0 fully saturated rings. The van der Waals surface area contributed by atoms with E-state index in [9.17, 15) is 5.21 Å². The topological polar surface area (TPSA) is 26.1 Å². The molecule has 0 unspecified atom stereocenters. The first kappa shape index (κ1) is 3.12. The molecule has 13 heavy (non-hydrogen) atoms. The molecule has 0 aliphatic rings. The first-order chi connectivity index (χ1) is 9.75. The van der Waals surface area contributed by atoms with Gasteiger partial charge >= 0.3 is 0 Å². The molecule has 0 aliphatic carbocycles. The van der Waals surface area contributed by atoms with E-state index in [1.807, 2.05) is 0 Å². The number of hydrogen-bond acceptors (Lipinski definition) is 1. The lowest BCUT2D eigenvalue weighted by atomic mass is 10.1. The summed E-state index contributed by atoms with van der Waals surface area (Å²) in [5.41, 5.74) is -3.36. The van der Waals surface area contributed by atoms with Crippen molar-refractivity contribution < 1.29 is 17.1 Å². The molecule has 0 atom stereocenters. The van der Waals surface area contributed by atoms with Crippen LogP contribution in [0.3, 0.4) is 0 Å². The molecule has 2 nitrogen and oxygen atoms in total. The Morgan fingerprint density at radius 1 is 1.31 bits per heavy atom. The van der Waals surface area contributed by atoms with Gasteiger partial charge < -0.3 is 5.21 Å². The van der Waals surface area contributed by atoms with Crippen LogP contribution in [-0.2, 0) is 0 Å². The van der Waals surface area contributed by atoms with Crippen molar-refractivity contribution in [3.8, 4) is 0 Å². The Bertz CT molecular complexity index is 505. The van der Waals surface area contributed by atoms with Gasteiger partial charge in [-0.3, -0.25) is 0 Å². The van der Waals surface area contributed by atoms with Gasteiger partial charge in [0, 0.05) is 38.5 Å². The molecular weight excluding hydrogens is 162 g/mol. The normalized spacial score (nSPS) is 26.2. The monoisotopic (exact) mass is 186 g/mol. The van der Waals surface area contributed by atoms with Gasteiger partial charge in [0.2, 0.25) is 0 Å². The summed E-state index contributed by atoms with van der Waals surface area (Å²) in [6.45, 7) is -10.7. The molecular formula is C11H15NO. The molecule has 1 aromatic rings. The molecule has 1 rings (SSSR count). The van der Waals surface area contributed by atoms with Crippen molar-refractivity contribution in [1.29, 1.82) is 0 Å². The quantitative estimate of drug-likeness (QED) is 0.286. The molecule has 0 radical (unpaired) electrons. The van der Waals surface area contributed by atoms with Crippen molar-refractivity contribution in [3.63, 3.8) is 0 Å². The molecule has 0 amide bonds. The van der Waals surface area contributed by atoms with Crippen LogP contribution in [0.25, 0.3) is 0 Å². The molecule has 0 spiro atoms. The zero-order chi connectivity index (χ0) is 17.4. The van der Waals surface area contributed by atoms with E-state index in [-0.39, 0.29) is 5.56 Å². The van der Waals surface area contributed by atoms with Gasteiger partial charge in [-0.05, 0) is 12.1 Å². The van der Waals surface area contributed by atoms with Crippen LogP contribution in [0.4, 0.5) is 0 Å². The SMILES string of the molecule is [2H]C([2H])([2H])C(/[N+]([O-])=C/c1ccccc1)(C([2H])([2H])[2H])C([2H])([2H])[2H]. The summed E-state index contributed by atoms with van der Waals surface area (Å²) >= 11 is 0. The van der Waals surface area contributed by atoms with Gasteiger partial charge in [-0.25, -0.2) is 4.74 Å². The third kappa shape index (κ3) is 2.90. The van der Waals surface area contributed by atoms with Gasteiger partial charge in [0.15, 0.2) is 11.8 Å². The van der Waals surface area contributed by atoms with Crippen molar-refractivity contribution in [2.24, 2.45) is 0 Å². The third-order valence-corrected chi connectivity index (χ3v) is 1.40. The van der Waals surface area contributed by atoms with Crippen molar-refractivity contribution in [1.82, 2.24) is 0 Å². The molecule has 0 saturated heterocycles. The zero-order valence-electron chi connectivity index (χ0n) is 15.8. The summed E-state index contributed by atoms with van der Waals surface area (Å²) in [4.78, 5) is 0.